The Hall–Kier alpha value is -3.48. The van der Waals surface area contributed by atoms with Crippen LogP contribution in [0.4, 0.5) is 5.69 Å². The first-order valence-electron chi connectivity index (χ1n) is 10.1. The summed E-state index contributed by atoms with van der Waals surface area (Å²) in [6.45, 7) is 6.00. The molecule has 0 spiro atoms. The molecule has 0 fully saturated rings. The van der Waals surface area contributed by atoms with E-state index >= 15 is 0 Å². The number of benzene rings is 1. The lowest BCUT2D eigenvalue weighted by Gasteiger charge is -2.30. The maximum Gasteiger partial charge on any atom is 0.341 e. The summed E-state index contributed by atoms with van der Waals surface area (Å²) in [5.41, 5.74) is 4.36. The summed E-state index contributed by atoms with van der Waals surface area (Å²) in [6, 6.07) is 11.3. The van der Waals surface area contributed by atoms with E-state index in [1.165, 1.54) is 0 Å². The Morgan fingerprint density at radius 1 is 1.13 bits per heavy atom. The third kappa shape index (κ3) is 4.10. The van der Waals surface area contributed by atoms with Crippen LogP contribution in [0.25, 0.3) is 11.5 Å². The van der Waals surface area contributed by atoms with Gasteiger partial charge >= 0.3 is 5.97 Å². The fourth-order valence-corrected chi connectivity index (χ4v) is 3.52. The molecule has 4 rings (SSSR count). The van der Waals surface area contributed by atoms with Gasteiger partial charge in [0.05, 0.1) is 18.9 Å². The molecular weight excluding hydrogens is 380 g/mol. The number of carbonyl (C=O) groups is 1. The van der Waals surface area contributed by atoms with E-state index in [2.05, 4.69) is 14.9 Å². The molecule has 0 N–H and O–H groups in total. The number of anilines is 1. The first-order chi connectivity index (χ1) is 14.7. The van der Waals surface area contributed by atoms with E-state index in [-0.39, 0.29) is 5.97 Å². The third-order valence-corrected chi connectivity index (χ3v) is 4.95. The molecule has 0 aliphatic carbocycles. The molecule has 0 unspecified atom stereocenters. The number of nitrogens with zero attached hydrogens (tertiary/aromatic N) is 4. The van der Waals surface area contributed by atoms with E-state index in [9.17, 15) is 4.79 Å². The van der Waals surface area contributed by atoms with Crippen molar-refractivity contribution >= 4 is 11.7 Å². The van der Waals surface area contributed by atoms with Crippen LogP contribution < -0.4 is 9.64 Å². The Morgan fingerprint density at radius 2 is 2.03 bits per heavy atom. The van der Waals surface area contributed by atoms with Crippen LogP contribution in [0.15, 0.2) is 48.8 Å². The number of aromatic nitrogens is 3. The molecule has 0 atom stereocenters. The van der Waals surface area contributed by atoms with Crippen LogP contribution in [0.2, 0.25) is 0 Å². The second-order valence-corrected chi connectivity index (χ2v) is 6.89. The summed E-state index contributed by atoms with van der Waals surface area (Å²) in [6.07, 6.45) is 4.44. The standard InChI is InChI=1S/C23H24N4O3/c1-3-29-21-13-17(8-9-18(21)23(28)30-4-2)27-12-10-19-16(15-27)14-25-22(26-19)20-7-5-6-11-24-20/h5-9,11,13-14H,3-4,10,12,15H2,1-2H3. The van der Waals surface area contributed by atoms with E-state index in [0.29, 0.717) is 36.9 Å². The topological polar surface area (TPSA) is 77.4 Å². The van der Waals surface area contributed by atoms with Gasteiger partial charge in [0.2, 0.25) is 0 Å². The van der Waals surface area contributed by atoms with Crippen LogP contribution in [0.5, 0.6) is 5.75 Å². The minimum atomic E-state index is -0.369. The van der Waals surface area contributed by atoms with Crippen molar-refractivity contribution in [1.82, 2.24) is 15.0 Å². The number of ether oxygens (including phenoxy) is 2. The van der Waals surface area contributed by atoms with Crippen molar-refractivity contribution in [1.29, 1.82) is 0 Å². The average molecular weight is 404 g/mol. The zero-order valence-corrected chi connectivity index (χ0v) is 17.2. The van der Waals surface area contributed by atoms with Crippen LogP contribution >= 0.6 is 0 Å². The number of carbonyl (C=O) groups excluding carboxylic acids is 1. The maximum atomic E-state index is 12.2. The molecule has 1 aliphatic heterocycles. The molecule has 30 heavy (non-hydrogen) atoms. The number of fused-ring (bicyclic) bond motifs is 1. The van der Waals surface area contributed by atoms with E-state index in [0.717, 1.165) is 35.6 Å². The minimum Gasteiger partial charge on any atom is -0.493 e. The van der Waals surface area contributed by atoms with Crippen LogP contribution in [-0.4, -0.2) is 40.7 Å². The van der Waals surface area contributed by atoms with Crippen molar-refractivity contribution in [3.63, 3.8) is 0 Å². The molecule has 2 aromatic heterocycles. The first-order valence-corrected chi connectivity index (χ1v) is 10.1. The minimum absolute atomic E-state index is 0.329. The maximum absolute atomic E-state index is 12.2. The lowest BCUT2D eigenvalue weighted by atomic mass is 10.1. The number of pyridine rings is 1. The van der Waals surface area contributed by atoms with Crippen LogP contribution in [-0.2, 0) is 17.7 Å². The van der Waals surface area contributed by atoms with Crippen molar-refractivity contribution in [2.45, 2.75) is 26.8 Å². The van der Waals surface area contributed by atoms with E-state index in [4.69, 9.17) is 14.5 Å². The van der Waals surface area contributed by atoms with Gasteiger partial charge in [-0.1, -0.05) is 6.07 Å². The average Bonchev–Trinajstić information content (AvgIpc) is 2.79. The summed E-state index contributed by atoms with van der Waals surface area (Å²) in [4.78, 5) is 28.0. The van der Waals surface area contributed by atoms with Crippen molar-refractivity contribution in [2.24, 2.45) is 0 Å². The molecular formula is C23H24N4O3. The first kappa shape index (κ1) is 19.8. The fraction of sp³-hybridized carbons (Fsp3) is 0.304. The number of hydrogen-bond acceptors (Lipinski definition) is 7. The van der Waals surface area contributed by atoms with Gasteiger partial charge in [-0.05, 0) is 38.1 Å². The Balaban J connectivity index is 1.57. The van der Waals surface area contributed by atoms with Crippen molar-refractivity contribution in [3.05, 3.63) is 65.6 Å². The summed E-state index contributed by atoms with van der Waals surface area (Å²) in [5.74, 6) is 0.827. The second kappa shape index (κ2) is 8.90. The molecule has 7 heteroatoms. The number of hydrogen-bond donors (Lipinski definition) is 0. The monoisotopic (exact) mass is 404 g/mol. The lowest BCUT2D eigenvalue weighted by Crippen LogP contribution is -2.31. The SMILES string of the molecule is CCOC(=O)c1ccc(N2CCc3nc(-c4ccccn4)ncc3C2)cc1OCC. The van der Waals surface area contributed by atoms with Gasteiger partial charge < -0.3 is 14.4 Å². The van der Waals surface area contributed by atoms with E-state index in [1.807, 2.05) is 43.5 Å². The molecule has 0 bridgehead atoms. The molecule has 1 aromatic carbocycles. The molecule has 0 saturated carbocycles. The van der Waals surface area contributed by atoms with Gasteiger partial charge in [0.1, 0.15) is 17.0 Å². The summed E-state index contributed by atoms with van der Waals surface area (Å²) >= 11 is 0. The Morgan fingerprint density at radius 3 is 2.80 bits per heavy atom. The van der Waals surface area contributed by atoms with E-state index < -0.39 is 0 Å². The normalized spacial score (nSPS) is 12.9. The molecule has 0 saturated heterocycles. The van der Waals surface area contributed by atoms with Crippen LogP contribution in [0.1, 0.15) is 35.5 Å². The van der Waals surface area contributed by atoms with Gasteiger partial charge in [0.15, 0.2) is 5.82 Å². The molecule has 1 aliphatic rings. The summed E-state index contributed by atoms with van der Waals surface area (Å²) < 4.78 is 10.9. The Bertz CT molecular complexity index is 1040. The van der Waals surface area contributed by atoms with Gasteiger partial charge in [0, 0.05) is 49.2 Å². The predicted octanol–water partition coefficient (Wildman–Crippen LogP) is 3.68. The highest BCUT2D eigenvalue weighted by Crippen LogP contribution is 2.30. The lowest BCUT2D eigenvalue weighted by molar-refractivity contribution is 0.0522. The molecule has 154 valence electrons. The van der Waals surface area contributed by atoms with Crippen molar-refractivity contribution < 1.29 is 14.3 Å². The van der Waals surface area contributed by atoms with Gasteiger partial charge in [-0.15, -0.1) is 0 Å². The van der Waals surface area contributed by atoms with E-state index in [1.54, 1.807) is 19.2 Å². The quantitative estimate of drug-likeness (QED) is 0.580. The summed E-state index contributed by atoms with van der Waals surface area (Å²) in [7, 11) is 0. The predicted molar refractivity (Wildman–Crippen MR) is 114 cm³/mol. The van der Waals surface area contributed by atoms with Gasteiger partial charge in [0.25, 0.3) is 0 Å². The molecule has 3 heterocycles. The molecule has 3 aromatic rings. The van der Waals surface area contributed by atoms with Gasteiger partial charge in [-0.2, -0.15) is 0 Å². The highest BCUT2D eigenvalue weighted by molar-refractivity contribution is 5.93. The van der Waals surface area contributed by atoms with Crippen LogP contribution in [0, 0.1) is 0 Å². The zero-order valence-electron chi connectivity index (χ0n) is 17.2. The zero-order chi connectivity index (χ0) is 20.9. The van der Waals surface area contributed by atoms with Crippen molar-refractivity contribution in [3.8, 4) is 17.3 Å². The van der Waals surface area contributed by atoms with Crippen molar-refractivity contribution in [2.75, 3.05) is 24.7 Å². The largest absolute Gasteiger partial charge is 0.493 e. The highest BCUT2D eigenvalue weighted by atomic mass is 16.5. The second-order valence-electron chi connectivity index (χ2n) is 6.89. The smallest absolute Gasteiger partial charge is 0.341 e. The Kier molecular flexibility index (Phi) is 5.88. The molecule has 0 radical (unpaired) electrons. The molecule has 0 amide bonds. The molecule has 7 nitrogen and oxygen atoms in total. The van der Waals surface area contributed by atoms with Gasteiger partial charge in [-0.3, -0.25) is 4.98 Å². The summed E-state index contributed by atoms with van der Waals surface area (Å²) in [5, 5.41) is 0. The highest BCUT2D eigenvalue weighted by Gasteiger charge is 2.22. The van der Waals surface area contributed by atoms with Crippen LogP contribution in [0.3, 0.4) is 0 Å². The number of rotatable bonds is 6. The van der Waals surface area contributed by atoms with Gasteiger partial charge in [-0.25, -0.2) is 14.8 Å². The third-order valence-electron chi connectivity index (χ3n) is 4.95. The fourth-order valence-electron chi connectivity index (χ4n) is 3.52. The Labute approximate surface area is 175 Å². The number of esters is 1.